The standard InChI is InChI=1S/C11H17NO5/c1-16-11(15)12-9(10(13)14)6-4-7-2-3-8(5-6)17-7/h6-9H,2-5H2,1H3,(H,12,15)(H,13,14). The molecule has 2 N–H and O–H groups in total. The monoisotopic (exact) mass is 243 g/mol. The highest BCUT2D eigenvalue weighted by atomic mass is 16.5. The summed E-state index contributed by atoms with van der Waals surface area (Å²) in [4.78, 5) is 22.3. The summed E-state index contributed by atoms with van der Waals surface area (Å²) in [5, 5.41) is 11.5. The van der Waals surface area contributed by atoms with E-state index in [1.807, 2.05) is 0 Å². The summed E-state index contributed by atoms with van der Waals surface area (Å²) in [6.07, 6.45) is 2.98. The summed E-state index contributed by atoms with van der Waals surface area (Å²) in [6, 6.07) is -0.880. The van der Waals surface area contributed by atoms with Crippen molar-refractivity contribution in [1.29, 1.82) is 0 Å². The van der Waals surface area contributed by atoms with Gasteiger partial charge in [-0.05, 0) is 31.6 Å². The van der Waals surface area contributed by atoms with E-state index in [-0.39, 0.29) is 18.1 Å². The first kappa shape index (κ1) is 12.2. The highest BCUT2D eigenvalue weighted by molar-refractivity contribution is 5.80. The average Bonchev–Trinajstić information content (AvgIpc) is 2.64. The van der Waals surface area contributed by atoms with Gasteiger partial charge in [-0.1, -0.05) is 0 Å². The molecule has 17 heavy (non-hydrogen) atoms. The van der Waals surface area contributed by atoms with Crippen LogP contribution in [0.1, 0.15) is 25.7 Å². The number of carbonyl (C=O) groups excluding carboxylic acids is 1. The van der Waals surface area contributed by atoms with Gasteiger partial charge in [-0.15, -0.1) is 0 Å². The van der Waals surface area contributed by atoms with Crippen LogP contribution in [0.4, 0.5) is 4.79 Å². The van der Waals surface area contributed by atoms with Crippen molar-refractivity contribution in [2.24, 2.45) is 5.92 Å². The number of hydrogen-bond donors (Lipinski definition) is 2. The van der Waals surface area contributed by atoms with Crippen LogP contribution in [-0.4, -0.2) is 42.5 Å². The fourth-order valence-corrected chi connectivity index (χ4v) is 2.74. The van der Waals surface area contributed by atoms with Crippen LogP contribution < -0.4 is 5.32 Å². The Bertz CT molecular complexity index is 307. The number of ether oxygens (including phenoxy) is 2. The zero-order valence-corrected chi connectivity index (χ0v) is 9.72. The van der Waals surface area contributed by atoms with E-state index in [1.54, 1.807) is 0 Å². The minimum atomic E-state index is -1.01. The second kappa shape index (κ2) is 4.91. The molecule has 2 rings (SSSR count). The molecule has 0 saturated carbocycles. The van der Waals surface area contributed by atoms with E-state index >= 15 is 0 Å². The molecule has 0 spiro atoms. The van der Waals surface area contributed by atoms with E-state index in [4.69, 9.17) is 9.84 Å². The summed E-state index contributed by atoms with van der Waals surface area (Å²) in [5.41, 5.74) is 0. The minimum absolute atomic E-state index is 0.0714. The molecule has 6 heteroatoms. The van der Waals surface area contributed by atoms with Gasteiger partial charge in [0.1, 0.15) is 6.04 Å². The number of carbonyl (C=O) groups is 2. The van der Waals surface area contributed by atoms with Gasteiger partial charge < -0.3 is 19.9 Å². The van der Waals surface area contributed by atoms with Crippen molar-refractivity contribution >= 4 is 12.1 Å². The number of alkyl carbamates (subject to hydrolysis) is 1. The van der Waals surface area contributed by atoms with Crippen molar-refractivity contribution in [3.05, 3.63) is 0 Å². The average molecular weight is 243 g/mol. The summed E-state index contributed by atoms with van der Waals surface area (Å²) in [5.74, 6) is -1.08. The Morgan fingerprint density at radius 1 is 1.35 bits per heavy atom. The van der Waals surface area contributed by atoms with Crippen LogP contribution in [0.25, 0.3) is 0 Å². The van der Waals surface area contributed by atoms with E-state index in [9.17, 15) is 9.59 Å². The molecule has 1 amide bonds. The first-order chi connectivity index (χ1) is 8.10. The molecule has 0 aromatic carbocycles. The van der Waals surface area contributed by atoms with Gasteiger partial charge in [0.25, 0.3) is 0 Å². The quantitative estimate of drug-likeness (QED) is 0.764. The molecule has 2 fully saturated rings. The zero-order chi connectivity index (χ0) is 12.4. The molecule has 3 unspecified atom stereocenters. The van der Waals surface area contributed by atoms with Crippen molar-refractivity contribution in [2.75, 3.05) is 7.11 Å². The van der Waals surface area contributed by atoms with E-state index in [0.717, 1.165) is 12.8 Å². The number of carboxylic acids is 1. The SMILES string of the molecule is COC(=O)NC(C(=O)O)C1CC2CCC(C1)O2. The Morgan fingerprint density at radius 2 is 1.94 bits per heavy atom. The Hall–Kier alpha value is -1.30. The molecule has 0 aromatic rings. The van der Waals surface area contributed by atoms with Crippen LogP contribution >= 0.6 is 0 Å². The summed E-state index contributed by atoms with van der Waals surface area (Å²) in [6.45, 7) is 0. The number of rotatable bonds is 3. The number of methoxy groups -OCH3 is 1. The number of carboxylic acid groups (broad SMARTS) is 1. The van der Waals surface area contributed by atoms with Gasteiger partial charge in [-0.3, -0.25) is 0 Å². The molecule has 3 atom stereocenters. The minimum Gasteiger partial charge on any atom is -0.480 e. The van der Waals surface area contributed by atoms with Crippen molar-refractivity contribution in [3.8, 4) is 0 Å². The highest BCUT2D eigenvalue weighted by Gasteiger charge is 2.41. The van der Waals surface area contributed by atoms with Crippen LogP contribution in [0.15, 0.2) is 0 Å². The van der Waals surface area contributed by atoms with Crippen LogP contribution in [0.2, 0.25) is 0 Å². The first-order valence-corrected chi connectivity index (χ1v) is 5.83. The van der Waals surface area contributed by atoms with Crippen molar-refractivity contribution in [1.82, 2.24) is 5.32 Å². The number of hydrogen-bond acceptors (Lipinski definition) is 4. The number of nitrogens with one attached hydrogen (secondary N) is 1. The van der Waals surface area contributed by atoms with E-state index in [1.165, 1.54) is 7.11 Å². The highest BCUT2D eigenvalue weighted by Crippen LogP contribution is 2.37. The maximum atomic E-state index is 11.2. The van der Waals surface area contributed by atoms with Crippen molar-refractivity contribution < 1.29 is 24.2 Å². The maximum absolute atomic E-state index is 11.2. The molecule has 2 aliphatic rings. The number of aliphatic carboxylic acids is 1. The Morgan fingerprint density at radius 3 is 2.41 bits per heavy atom. The molecule has 96 valence electrons. The molecule has 2 saturated heterocycles. The van der Waals surface area contributed by atoms with E-state index in [0.29, 0.717) is 12.8 Å². The smallest absolute Gasteiger partial charge is 0.407 e. The summed E-state index contributed by atoms with van der Waals surface area (Å²) >= 11 is 0. The lowest BCUT2D eigenvalue weighted by Gasteiger charge is -2.32. The van der Waals surface area contributed by atoms with Gasteiger partial charge in [-0.25, -0.2) is 9.59 Å². The van der Waals surface area contributed by atoms with Gasteiger partial charge in [0.05, 0.1) is 19.3 Å². The molecule has 0 radical (unpaired) electrons. The molecular formula is C11H17NO5. The van der Waals surface area contributed by atoms with Crippen LogP contribution in [0.5, 0.6) is 0 Å². The zero-order valence-electron chi connectivity index (χ0n) is 9.72. The normalized spacial score (nSPS) is 32.9. The predicted molar refractivity (Wildman–Crippen MR) is 57.6 cm³/mol. The summed E-state index contributed by atoms with van der Waals surface area (Å²) in [7, 11) is 1.22. The third-order valence-electron chi connectivity index (χ3n) is 3.52. The lowest BCUT2D eigenvalue weighted by Crippen LogP contribution is -2.48. The van der Waals surface area contributed by atoms with Crippen LogP contribution in [0.3, 0.4) is 0 Å². The third-order valence-corrected chi connectivity index (χ3v) is 3.52. The predicted octanol–water partition coefficient (Wildman–Crippen LogP) is 0.753. The second-order valence-corrected chi connectivity index (χ2v) is 4.64. The third kappa shape index (κ3) is 2.69. The largest absolute Gasteiger partial charge is 0.480 e. The Balaban J connectivity index is 2.01. The maximum Gasteiger partial charge on any atom is 0.407 e. The number of fused-ring (bicyclic) bond motifs is 2. The van der Waals surface area contributed by atoms with Gasteiger partial charge in [0.2, 0.25) is 0 Å². The van der Waals surface area contributed by atoms with E-state index < -0.39 is 18.1 Å². The Kier molecular flexibility index (Phi) is 3.51. The van der Waals surface area contributed by atoms with Crippen LogP contribution in [0, 0.1) is 5.92 Å². The number of amides is 1. The molecule has 2 heterocycles. The second-order valence-electron chi connectivity index (χ2n) is 4.64. The molecule has 2 bridgehead atoms. The van der Waals surface area contributed by atoms with Gasteiger partial charge >= 0.3 is 12.1 Å². The molecule has 2 aliphatic heterocycles. The van der Waals surface area contributed by atoms with Gasteiger partial charge in [0.15, 0.2) is 0 Å². The molecule has 0 aromatic heterocycles. The summed E-state index contributed by atoms with van der Waals surface area (Å²) < 4.78 is 10.1. The lowest BCUT2D eigenvalue weighted by molar-refractivity contribution is -0.142. The Labute approximate surface area is 99.3 Å². The molecular weight excluding hydrogens is 226 g/mol. The fourth-order valence-electron chi connectivity index (χ4n) is 2.74. The molecule has 6 nitrogen and oxygen atoms in total. The fraction of sp³-hybridized carbons (Fsp3) is 0.818. The topological polar surface area (TPSA) is 84.9 Å². The van der Waals surface area contributed by atoms with Gasteiger partial charge in [-0.2, -0.15) is 0 Å². The van der Waals surface area contributed by atoms with E-state index in [2.05, 4.69) is 10.1 Å². The first-order valence-electron chi connectivity index (χ1n) is 5.83. The van der Waals surface area contributed by atoms with Crippen LogP contribution in [-0.2, 0) is 14.3 Å². The van der Waals surface area contributed by atoms with Crippen molar-refractivity contribution in [3.63, 3.8) is 0 Å². The lowest BCUT2D eigenvalue weighted by atomic mass is 9.88. The van der Waals surface area contributed by atoms with Gasteiger partial charge in [0, 0.05) is 0 Å². The van der Waals surface area contributed by atoms with Crippen molar-refractivity contribution in [2.45, 2.75) is 43.9 Å². The molecule has 0 aliphatic carbocycles.